The lowest BCUT2D eigenvalue weighted by molar-refractivity contribution is 0.102. The van der Waals surface area contributed by atoms with Crippen molar-refractivity contribution in [2.75, 3.05) is 13.1 Å². The molecule has 0 aromatic rings. The van der Waals surface area contributed by atoms with Gasteiger partial charge in [0.05, 0.1) is 0 Å². The predicted octanol–water partition coefficient (Wildman–Crippen LogP) is 4.08. The molecule has 2 fully saturated rings. The van der Waals surface area contributed by atoms with Crippen LogP contribution < -0.4 is 0 Å². The fourth-order valence-corrected chi connectivity index (χ4v) is 3.65. The summed E-state index contributed by atoms with van der Waals surface area (Å²) in [5, 5.41) is 0. The molecule has 1 atom stereocenters. The highest BCUT2D eigenvalue weighted by Crippen LogP contribution is 2.34. The second-order valence-corrected chi connectivity index (χ2v) is 6.05. The second-order valence-electron chi connectivity index (χ2n) is 6.05. The van der Waals surface area contributed by atoms with Crippen LogP contribution in [0.2, 0.25) is 0 Å². The zero-order chi connectivity index (χ0) is 11.4. The van der Waals surface area contributed by atoms with E-state index < -0.39 is 0 Å². The van der Waals surface area contributed by atoms with Crippen molar-refractivity contribution in [2.45, 2.75) is 71.3 Å². The van der Waals surface area contributed by atoms with E-state index >= 15 is 0 Å². The standard InChI is InChI=1S/C15H29N/c1-3-13(2)14-7-9-15(10-8-14)16-11-5-4-6-12-16/h13-15H,3-12H2,1-2H3/t13?,14-,15-. The average Bonchev–Trinajstić information content (AvgIpc) is 2.39. The SMILES string of the molecule is CCC(C)[C@H]1CC[C@H](N2CCCCC2)CC1. The Kier molecular flexibility index (Phi) is 4.69. The Morgan fingerprint density at radius 1 is 1.00 bits per heavy atom. The Morgan fingerprint density at radius 3 is 2.19 bits per heavy atom. The summed E-state index contributed by atoms with van der Waals surface area (Å²) in [6.07, 6.45) is 11.7. The van der Waals surface area contributed by atoms with Crippen molar-refractivity contribution >= 4 is 0 Å². The van der Waals surface area contributed by atoms with Crippen molar-refractivity contribution in [3.05, 3.63) is 0 Å². The molecule has 2 rings (SSSR count). The number of piperidine rings is 1. The van der Waals surface area contributed by atoms with E-state index in [0.717, 1.165) is 17.9 Å². The summed E-state index contributed by atoms with van der Waals surface area (Å²) in [5.41, 5.74) is 0. The normalized spacial score (nSPS) is 34.9. The van der Waals surface area contributed by atoms with Gasteiger partial charge in [0.25, 0.3) is 0 Å². The van der Waals surface area contributed by atoms with Crippen molar-refractivity contribution in [2.24, 2.45) is 11.8 Å². The Morgan fingerprint density at radius 2 is 1.62 bits per heavy atom. The summed E-state index contributed by atoms with van der Waals surface area (Å²) in [4.78, 5) is 2.79. The first-order valence-electron chi connectivity index (χ1n) is 7.55. The maximum atomic E-state index is 2.79. The topological polar surface area (TPSA) is 3.24 Å². The van der Waals surface area contributed by atoms with Crippen LogP contribution in [0.15, 0.2) is 0 Å². The van der Waals surface area contributed by atoms with E-state index in [1.807, 2.05) is 0 Å². The lowest BCUT2D eigenvalue weighted by atomic mass is 9.77. The van der Waals surface area contributed by atoms with E-state index in [1.165, 1.54) is 64.5 Å². The van der Waals surface area contributed by atoms with Crippen LogP contribution in [0.3, 0.4) is 0 Å². The third-order valence-corrected chi connectivity index (χ3v) is 5.10. The maximum absolute atomic E-state index is 2.79. The first kappa shape index (κ1) is 12.4. The number of likely N-dealkylation sites (tertiary alicyclic amines) is 1. The summed E-state index contributed by atoms with van der Waals surface area (Å²) in [6.45, 7) is 7.57. The molecule has 1 aliphatic carbocycles. The summed E-state index contributed by atoms with van der Waals surface area (Å²) in [5.74, 6) is 1.99. The molecule has 16 heavy (non-hydrogen) atoms. The highest BCUT2D eigenvalue weighted by molar-refractivity contribution is 4.82. The number of hydrogen-bond donors (Lipinski definition) is 0. The zero-order valence-electron chi connectivity index (χ0n) is 11.3. The van der Waals surface area contributed by atoms with Crippen molar-refractivity contribution in [3.8, 4) is 0 Å². The molecule has 0 spiro atoms. The van der Waals surface area contributed by atoms with Crippen molar-refractivity contribution < 1.29 is 0 Å². The van der Waals surface area contributed by atoms with Gasteiger partial charge < -0.3 is 4.90 Å². The van der Waals surface area contributed by atoms with Crippen LogP contribution in [0.25, 0.3) is 0 Å². The Hall–Kier alpha value is -0.0400. The van der Waals surface area contributed by atoms with Crippen LogP contribution in [0.4, 0.5) is 0 Å². The smallest absolute Gasteiger partial charge is 0.00954 e. The van der Waals surface area contributed by atoms with Crippen molar-refractivity contribution in [1.82, 2.24) is 4.90 Å². The summed E-state index contributed by atoms with van der Waals surface area (Å²) in [6, 6.07) is 0.945. The molecule has 1 saturated carbocycles. The zero-order valence-corrected chi connectivity index (χ0v) is 11.3. The molecule has 0 radical (unpaired) electrons. The van der Waals surface area contributed by atoms with Crippen LogP contribution >= 0.6 is 0 Å². The lowest BCUT2D eigenvalue weighted by Crippen LogP contribution is -2.41. The molecule has 0 amide bonds. The molecular formula is C15H29N. The Bertz CT molecular complexity index is 188. The summed E-state index contributed by atoms with van der Waals surface area (Å²) < 4.78 is 0. The van der Waals surface area contributed by atoms with Gasteiger partial charge in [0.2, 0.25) is 0 Å². The minimum Gasteiger partial charge on any atom is -0.300 e. The molecule has 1 heteroatoms. The van der Waals surface area contributed by atoms with Crippen LogP contribution in [-0.4, -0.2) is 24.0 Å². The Labute approximate surface area is 102 Å². The Balaban J connectivity index is 1.75. The van der Waals surface area contributed by atoms with Gasteiger partial charge in [0.15, 0.2) is 0 Å². The molecule has 1 aliphatic heterocycles. The van der Waals surface area contributed by atoms with Gasteiger partial charge in [-0.3, -0.25) is 0 Å². The fourth-order valence-electron chi connectivity index (χ4n) is 3.65. The second kappa shape index (κ2) is 6.05. The quantitative estimate of drug-likeness (QED) is 0.697. The molecular weight excluding hydrogens is 194 g/mol. The lowest BCUT2D eigenvalue weighted by Gasteiger charge is -2.40. The van der Waals surface area contributed by atoms with Gasteiger partial charge in [-0.1, -0.05) is 26.7 Å². The number of rotatable bonds is 3. The monoisotopic (exact) mass is 223 g/mol. The van der Waals surface area contributed by atoms with Gasteiger partial charge in [0.1, 0.15) is 0 Å². The van der Waals surface area contributed by atoms with Gasteiger partial charge in [-0.2, -0.15) is 0 Å². The van der Waals surface area contributed by atoms with Crippen molar-refractivity contribution in [3.63, 3.8) is 0 Å². The van der Waals surface area contributed by atoms with E-state index in [-0.39, 0.29) is 0 Å². The van der Waals surface area contributed by atoms with E-state index in [2.05, 4.69) is 18.7 Å². The molecule has 0 aromatic carbocycles. The molecule has 0 aromatic heterocycles. The van der Waals surface area contributed by atoms with Gasteiger partial charge in [0, 0.05) is 6.04 Å². The highest BCUT2D eigenvalue weighted by Gasteiger charge is 2.28. The average molecular weight is 223 g/mol. The first-order chi connectivity index (χ1) is 7.81. The third-order valence-electron chi connectivity index (χ3n) is 5.10. The van der Waals surface area contributed by atoms with Gasteiger partial charge in [-0.05, 0) is 63.5 Å². The molecule has 2 aliphatic rings. The molecule has 1 unspecified atom stereocenters. The van der Waals surface area contributed by atoms with Crippen LogP contribution in [0.5, 0.6) is 0 Å². The van der Waals surface area contributed by atoms with Crippen LogP contribution in [-0.2, 0) is 0 Å². The summed E-state index contributed by atoms with van der Waals surface area (Å²) in [7, 11) is 0. The van der Waals surface area contributed by atoms with E-state index in [4.69, 9.17) is 0 Å². The largest absolute Gasteiger partial charge is 0.300 e. The highest BCUT2D eigenvalue weighted by atomic mass is 15.2. The van der Waals surface area contributed by atoms with Gasteiger partial charge in [-0.25, -0.2) is 0 Å². The first-order valence-corrected chi connectivity index (χ1v) is 7.55. The van der Waals surface area contributed by atoms with Crippen molar-refractivity contribution in [1.29, 1.82) is 0 Å². The van der Waals surface area contributed by atoms with E-state index in [9.17, 15) is 0 Å². The molecule has 1 nitrogen and oxygen atoms in total. The molecule has 1 saturated heterocycles. The van der Waals surface area contributed by atoms with Gasteiger partial charge >= 0.3 is 0 Å². The predicted molar refractivity (Wildman–Crippen MR) is 70.6 cm³/mol. The number of hydrogen-bond acceptors (Lipinski definition) is 1. The minimum atomic E-state index is 0.945. The summed E-state index contributed by atoms with van der Waals surface area (Å²) >= 11 is 0. The molecule has 0 N–H and O–H groups in total. The van der Waals surface area contributed by atoms with E-state index in [0.29, 0.717) is 0 Å². The fraction of sp³-hybridized carbons (Fsp3) is 1.00. The minimum absolute atomic E-state index is 0.945. The van der Waals surface area contributed by atoms with Gasteiger partial charge in [-0.15, -0.1) is 0 Å². The van der Waals surface area contributed by atoms with Crippen LogP contribution in [0, 0.1) is 11.8 Å². The van der Waals surface area contributed by atoms with E-state index in [1.54, 1.807) is 0 Å². The van der Waals surface area contributed by atoms with Crippen LogP contribution in [0.1, 0.15) is 65.2 Å². The maximum Gasteiger partial charge on any atom is 0.00954 e. The third kappa shape index (κ3) is 3.00. The number of nitrogens with zero attached hydrogens (tertiary/aromatic N) is 1. The molecule has 94 valence electrons. The molecule has 1 heterocycles. The molecule has 0 bridgehead atoms.